The van der Waals surface area contributed by atoms with Gasteiger partial charge in [-0.1, -0.05) is 72.3 Å². The molecular weight excluding hydrogens is 578 g/mol. The topological polar surface area (TPSA) is 86.3 Å². The summed E-state index contributed by atoms with van der Waals surface area (Å²) < 4.78 is 0. The van der Waals surface area contributed by atoms with Gasteiger partial charge in [0.1, 0.15) is 5.82 Å². The summed E-state index contributed by atoms with van der Waals surface area (Å²) in [6, 6.07) is 27.3. The number of aromatic nitrogens is 2. The number of rotatable bonds is 6. The maximum absolute atomic E-state index is 13.5. The quantitative estimate of drug-likeness (QED) is 0.220. The lowest BCUT2D eigenvalue weighted by Crippen LogP contribution is -2.36. The number of thiophene rings is 1. The van der Waals surface area contributed by atoms with Gasteiger partial charge >= 0.3 is 0 Å². The van der Waals surface area contributed by atoms with E-state index in [1.807, 2.05) is 54.6 Å². The molecule has 216 valence electrons. The Bertz CT molecular complexity index is 1880. The predicted molar refractivity (Wildman–Crippen MR) is 170 cm³/mol. The van der Waals surface area contributed by atoms with Crippen molar-refractivity contribution in [3.8, 4) is 22.3 Å². The van der Waals surface area contributed by atoms with Crippen molar-refractivity contribution in [3.05, 3.63) is 133 Å². The summed E-state index contributed by atoms with van der Waals surface area (Å²) >= 11 is 7.88. The normalized spacial score (nSPS) is 16.3. The monoisotopic (exact) mass is 607 g/mol. The van der Waals surface area contributed by atoms with E-state index in [-0.39, 0.29) is 17.5 Å². The van der Waals surface area contributed by atoms with Gasteiger partial charge in [-0.15, -0.1) is 11.3 Å². The lowest BCUT2D eigenvalue weighted by atomic mass is 10.00. The number of amides is 1. The molecule has 2 aromatic heterocycles. The van der Waals surface area contributed by atoms with Gasteiger partial charge < -0.3 is 15.0 Å². The maximum atomic E-state index is 13.5. The molecular formula is C35H30ClN3O3S. The second-order valence-electron chi connectivity index (χ2n) is 11.4. The first kappa shape index (κ1) is 27.8. The summed E-state index contributed by atoms with van der Waals surface area (Å²) in [5, 5.41) is 13.9. The number of carbonyl (C=O) groups is 1. The van der Waals surface area contributed by atoms with Crippen LogP contribution in [-0.4, -0.2) is 32.4 Å². The van der Waals surface area contributed by atoms with Crippen molar-refractivity contribution >= 4 is 28.8 Å². The molecule has 1 aliphatic carbocycles. The summed E-state index contributed by atoms with van der Waals surface area (Å²) in [4.78, 5) is 37.9. The van der Waals surface area contributed by atoms with E-state index in [0.717, 1.165) is 35.5 Å². The molecule has 5 aromatic rings. The second kappa shape index (κ2) is 11.2. The van der Waals surface area contributed by atoms with Gasteiger partial charge in [-0.2, -0.15) is 0 Å². The Labute approximate surface area is 258 Å². The first-order valence-electron chi connectivity index (χ1n) is 14.5. The number of H-pyrrole nitrogens is 1. The Kier molecular flexibility index (Phi) is 7.25. The van der Waals surface area contributed by atoms with Crippen LogP contribution in [0.1, 0.15) is 52.9 Å². The number of fused-ring (bicyclic) bond motifs is 1. The lowest BCUT2D eigenvalue weighted by Gasteiger charge is -2.24. The zero-order valence-electron chi connectivity index (χ0n) is 23.4. The van der Waals surface area contributed by atoms with Gasteiger partial charge in [-0.3, -0.25) is 9.59 Å². The Balaban J connectivity index is 1.12. The fraction of sp³-hybridized carbons (Fsp3) is 0.229. The van der Waals surface area contributed by atoms with E-state index in [1.165, 1.54) is 16.0 Å². The van der Waals surface area contributed by atoms with Gasteiger partial charge in [0.25, 0.3) is 11.5 Å². The number of nitrogens with zero attached hydrogens (tertiary/aromatic N) is 2. The summed E-state index contributed by atoms with van der Waals surface area (Å²) in [6.07, 6.45) is 1.79. The fourth-order valence-electron chi connectivity index (χ4n) is 6.00. The Hall–Kier alpha value is -4.04. The van der Waals surface area contributed by atoms with E-state index in [0.29, 0.717) is 35.5 Å². The van der Waals surface area contributed by atoms with Crippen LogP contribution in [0.4, 0.5) is 0 Å². The van der Waals surface area contributed by atoms with Gasteiger partial charge in [0.05, 0.1) is 23.2 Å². The fourth-order valence-corrected chi connectivity index (χ4v) is 7.37. The molecule has 2 N–H and O–H groups in total. The van der Waals surface area contributed by atoms with Crippen LogP contribution in [0.25, 0.3) is 22.3 Å². The van der Waals surface area contributed by atoms with Gasteiger partial charge in [-0.05, 0) is 83.1 Å². The van der Waals surface area contributed by atoms with E-state index in [2.05, 4.69) is 28.6 Å². The van der Waals surface area contributed by atoms with Gasteiger partial charge in [-0.25, -0.2) is 4.98 Å². The summed E-state index contributed by atoms with van der Waals surface area (Å²) in [5.74, 6) is 0.292. The average Bonchev–Trinajstić information content (AvgIpc) is 3.75. The Morgan fingerprint density at radius 3 is 2.47 bits per heavy atom. The highest BCUT2D eigenvalue weighted by Gasteiger charge is 2.50. The summed E-state index contributed by atoms with van der Waals surface area (Å²) in [7, 11) is 0. The molecule has 7 rings (SSSR count). The zero-order valence-corrected chi connectivity index (χ0v) is 25.0. The molecule has 0 spiro atoms. The van der Waals surface area contributed by atoms with Gasteiger partial charge in [0.2, 0.25) is 0 Å². The molecule has 8 heteroatoms. The van der Waals surface area contributed by atoms with Crippen molar-refractivity contribution in [3.63, 3.8) is 0 Å². The third kappa shape index (κ3) is 5.33. The second-order valence-corrected chi connectivity index (χ2v) is 12.7. The van der Waals surface area contributed by atoms with Crippen LogP contribution in [0, 0.1) is 0 Å². The van der Waals surface area contributed by atoms with Crippen molar-refractivity contribution in [2.24, 2.45) is 0 Å². The van der Waals surface area contributed by atoms with Crippen molar-refractivity contribution in [2.45, 2.75) is 43.7 Å². The molecule has 1 amide bonds. The van der Waals surface area contributed by atoms with Crippen LogP contribution in [0.5, 0.6) is 0 Å². The number of aryl methyl sites for hydroxylation is 1. The van der Waals surface area contributed by atoms with Crippen molar-refractivity contribution in [2.75, 3.05) is 6.54 Å². The molecule has 1 fully saturated rings. The molecule has 1 atom stereocenters. The highest BCUT2D eigenvalue weighted by atomic mass is 35.5. The number of aliphatic hydroxyl groups is 1. The average molecular weight is 608 g/mol. The molecule has 3 heterocycles. The number of hydrogen-bond acceptors (Lipinski definition) is 5. The van der Waals surface area contributed by atoms with Crippen LogP contribution >= 0.6 is 22.9 Å². The molecule has 1 aliphatic heterocycles. The molecule has 1 saturated carbocycles. The smallest absolute Gasteiger partial charge is 0.256 e. The highest BCUT2D eigenvalue weighted by Crippen LogP contribution is 2.54. The van der Waals surface area contributed by atoms with Crippen molar-refractivity contribution in [1.82, 2.24) is 14.9 Å². The molecule has 1 unspecified atom stereocenters. The third-order valence-corrected chi connectivity index (χ3v) is 9.95. The minimum absolute atomic E-state index is 0.117. The largest absolute Gasteiger partial charge is 0.378 e. The number of carbonyl (C=O) groups excluding carboxylic acids is 1. The Morgan fingerprint density at radius 2 is 1.70 bits per heavy atom. The van der Waals surface area contributed by atoms with E-state index in [4.69, 9.17) is 16.6 Å². The van der Waals surface area contributed by atoms with Crippen LogP contribution in [-0.2, 0) is 23.2 Å². The van der Waals surface area contributed by atoms with E-state index < -0.39 is 12.0 Å². The van der Waals surface area contributed by atoms with Gasteiger partial charge in [0, 0.05) is 16.4 Å². The van der Waals surface area contributed by atoms with Crippen LogP contribution in [0.15, 0.2) is 95.1 Å². The van der Waals surface area contributed by atoms with Crippen LogP contribution in [0.2, 0.25) is 5.02 Å². The standard InChI is InChI=1S/C35H30ClN3O3S/c36-27-12-5-10-24(18-27)23-9-4-11-25(17-23)31(40)33(42)39-16-6-13-29-28(20-39)32(41)38-34(37-29)35(14-15-35)30-19-26(21-43-30)22-7-2-1-3-8-22/h1-5,7-12,17-19,21,31,40H,6,13-16,20H2,(H,37,38,41). The lowest BCUT2D eigenvalue weighted by molar-refractivity contribution is -0.141. The minimum atomic E-state index is -1.35. The SMILES string of the molecule is O=C(C(O)c1cccc(-c2cccc(Cl)c2)c1)N1CCCc2nc(C3(c4cc(-c5ccccc5)cs4)CC3)[nH]c(=O)c2C1. The first-order valence-corrected chi connectivity index (χ1v) is 15.8. The maximum Gasteiger partial charge on any atom is 0.256 e. The number of nitrogens with one attached hydrogen (secondary N) is 1. The predicted octanol–water partition coefficient (Wildman–Crippen LogP) is 6.91. The number of aromatic amines is 1. The van der Waals surface area contributed by atoms with Crippen LogP contribution in [0.3, 0.4) is 0 Å². The number of halogens is 1. The Morgan fingerprint density at radius 1 is 0.953 bits per heavy atom. The molecule has 6 nitrogen and oxygen atoms in total. The van der Waals surface area contributed by atoms with Crippen molar-refractivity contribution < 1.29 is 9.90 Å². The van der Waals surface area contributed by atoms with E-state index in [1.54, 1.807) is 28.4 Å². The highest BCUT2D eigenvalue weighted by molar-refractivity contribution is 7.10. The van der Waals surface area contributed by atoms with E-state index in [9.17, 15) is 14.7 Å². The summed E-state index contributed by atoms with van der Waals surface area (Å²) in [6.45, 7) is 0.553. The minimum Gasteiger partial charge on any atom is -0.378 e. The molecule has 3 aromatic carbocycles. The molecule has 0 saturated heterocycles. The van der Waals surface area contributed by atoms with E-state index >= 15 is 0 Å². The summed E-state index contributed by atoms with van der Waals surface area (Å²) in [5.41, 5.74) is 5.38. The molecule has 0 bridgehead atoms. The number of benzene rings is 3. The van der Waals surface area contributed by atoms with Crippen LogP contribution < -0.4 is 5.56 Å². The molecule has 43 heavy (non-hydrogen) atoms. The van der Waals surface area contributed by atoms with Crippen molar-refractivity contribution in [1.29, 1.82) is 0 Å². The molecule has 0 radical (unpaired) electrons. The first-order chi connectivity index (χ1) is 20.9. The zero-order chi connectivity index (χ0) is 29.6. The molecule has 2 aliphatic rings. The number of aliphatic hydroxyl groups excluding tert-OH is 1. The van der Waals surface area contributed by atoms with Gasteiger partial charge in [0.15, 0.2) is 6.10 Å². The third-order valence-electron chi connectivity index (χ3n) is 8.58. The number of hydrogen-bond donors (Lipinski definition) is 2.